The molecule has 4 rings (SSSR count). The lowest BCUT2D eigenvalue weighted by Crippen LogP contribution is -2.43. The summed E-state index contributed by atoms with van der Waals surface area (Å²) in [7, 11) is 0. The number of aliphatic imine (C=N–C) groups is 1. The molecule has 23 heavy (non-hydrogen) atoms. The minimum atomic E-state index is 0.189. The quantitative estimate of drug-likeness (QED) is 0.863. The molecule has 0 saturated carbocycles. The van der Waals surface area contributed by atoms with Gasteiger partial charge in [-0.1, -0.05) is 72.4 Å². The highest BCUT2D eigenvalue weighted by Crippen LogP contribution is 2.41. The van der Waals surface area contributed by atoms with Crippen LogP contribution in [-0.4, -0.2) is 41.6 Å². The van der Waals surface area contributed by atoms with E-state index in [0.717, 1.165) is 31.3 Å². The molecule has 0 aromatic heterocycles. The molecule has 0 bridgehead atoms. The van der Waals surface area contributed by atoms with Crippen molar-refractivity contribution < 1.29 is 4.74 Å². The van der Waals surface area contributed by atoms with Crippen LogP contribution in [0.5, 0.6) is 0 Å². The molecule has 0 unspecified atom stereocenters. The molecule has 3 nitrogen and oxygen atoms in total. The maximum atomic E-state index is 5.52. The van der Waals surface area contributed by atoms with Crippen molar-refractivity contribution in [2.75, 3.05) is 26.3 Å². The first-order chi connectivity index (χ1) is 11.4. The summed E-state index contributed by atoms with van der Waals surface area (Å²) in [5, 5.41) is 1.51. The zero-order chi connectivity index (χ0) is 15.5. The molecule has 4 heteroatoms. The normalized spacial score (nSPS) is 25.3. The number of hydrogen-bond donors (Lipinski definition) is 0. The molecule has 2 heterocycles. The van der Waals surface area contributed by atoms with E-state index in [9.17, 15) is 0 Å². The summed E-state index contributed by atoms with van der Waals surface area (Å²) in [6.45, 7) is 3.61. The topological polar surface area (TPSA) is 24.8 Å². The molecule has 1 fully saturated rings. The average Bonchev–Trinajstić information content (AvgIpc) is 3.09. The number of thioether (sulfide) groups is 1. The number of nitrogens with zero attached hydrogens (tertiary/aromatic N) is 2. The predicted octanol–water partition coefficient (Wildman–Crippen LogP) is 3.58. The smallest absolute Gasteiger partial charge is 0.101 e. The molecule has 2 atom stereocenters. The summed E-state index contributed by atoms with van der Waals surface area (Å²) in [6, 6.07) is 21.4. The highest BCUT2D eigenvalue weighted by molar-refractivity contribution is 8.15. The van der Waals surface area contributed by atoms with Gasteiger partial charge in [-0.25, -0.2) is 0 Å². The van der Waals surface area contributed by atoms with Crippen LogP contribution in [0.3, 0.4) is 0 Å². The standard InChI is InChI=1S/C19H20N2OS/c1-3-7-15(8-4-1)17-19(21-11-13-22-14-12-21)23-18(20-17)16-9-5-2-6-10-16/h1-10,17,19H,11-14H2/t17-,19+/m1/s1. The Morgan fingerprint density at radius 3 is 2.26 bits per heavy atom. The third-order valence-corrected chi connectivity index (χ3v) is 5.69. The third kappa shape index (κ3) is 3.20. The number of rotatable bonds is 3. The first kappa shape index (κ1) is 14.9. The second kappa shape index (κ2) is 6.87. The predicted molar refractivity (Wildman–Crippen MR) is 95.9 cm³/mol. The Balaban J connectivity index is 1.66. The minimum Gasteiger partial charge on any atom is -0.379 e. The molecule has 0 radical (unpaired) electrons. The van der Waals surface area contributed by atoms with Gasteiger partial charge in [0.25, 0.3) is 0 Å². The van der Waals surface area contributed by atoms with E-state index >= 15 is 0 Å². The largest absolute Gasteiger partial charge is 0.379 e. The second-order valence-electron chi connectivity index (χ2n) is 5.81. The molecule has 118 valence electrons. The molecule has 2 aromatic rings. The second-order valence-corrected chi connectivity index (χ2v) is 6.92. The van der Waals surface area contributed by atoms with E-state index in [1.54, 1.807) is 0 Å². The summed E-state index contributed by atoms with van der Waals surface area (Å²) in [4.78, 5) is 7.60. The van der Waals surface area contributed by atoms with E-state index in [1.807, 2.05) is 11.8 Å². The highest BCUT2D eigenvalue weighted by Gasteiger charge is 2.36. The van der Waals surface area contributed by atoms with Gasteiger partial charge in [0.1, 0.15) is 11.1 Å². The summed E-state index contributed by atoms with van der Waals surface area (Å²) in [6.07, 6.45) is 0. The Bertz CT molecular complexity index is 668. The number of benzene rings is 2. The first-order valence-electron chi connectivity index (χ1n) is 8.08. The summed E-state index contributed by atoms with van der Waals surface area (Å²) in [5.74, 6) is 0. The van der Waals surface area contributed by atoms with Crippen LogP contribution in [0.2, 0.25) is 0 Å². The van der Waals surface area contributed by atoms with E-state index in [2.05, 4.69) is 65.6 Å². The van der Waals surface area contributed by atoms with Crippen LogP contribution in [0.1, 0.15) is 17.2 Å². The van der Waals surface area contributed by atoms with Crippen LogP contribution in [0.4, 0.5) is 0 Å². The van der Waals surface area contributed by atoms with Crippen molar-refractivity contribution in [2.24, 2.45) is 4.99 Å². The number of ether oxygens (including phenoxy) is 1. The Morgan fingerprint density at radius 2 is 1.57 bits per heavy atom. The van der Waals surface area contributed by atoms with Gasteiger partial charge in [-0.2, -0.15) is 0 Å². The van der Waals surface area contributed by atoms with E-state index in [-0.39, 0.29) is 6.04 Å². The summed E-state index contributed by atoms with van der Waals surface area (Å²) >= 11 is 1.89. The molecular weight excluding hydrogens is 304 g/mol. The fraction of sp³-hybridized carbons (Fsp3) is 0.316. The summed E-state index contributed by atoms with van der Waals surface area (Å²) in [5.41, 5.74) is 2.51. The molecule has 0 spiro atoms. The van der Waals surface area contributed by atoms with E-state index in [4.69, 9.17) is 9.73 Å². The van der Waals surface area contributed by atoms with Crippen molar-refractivity contribution in [3.8, 4) is 0 Å². The molecule has 1 saturated heterocycles. The number of morpholine rings is 1. The number of hydrogen-bond acceptors (Lipinski definition) is 4. The van der Waals surface area contributed by atoms with Crippen LogP contribution < -0.4 is 0 Å². The van der Waals surface area contributed by atoms with Gasteiger partial charge in [0.2, 0.25) is 0 Å². The van der Waals surface area contributed by atoms with Gasteiger partial charge < -0.3 is 4.74 Å². The van der Waals surface area contributed by atoms with Crippen LogP contribution in [-0.2, 0) is 4.74 Å². The van der Waals surface area contributed by atoms with E-state index in [1.165, 1.54) is 11.1 Å². The Kier molecular flexibility index (Phi) is 4.46. The van der Waals surface area contributed by atoms with Gasteiger partial charge in [0.15, 0.2) is 0 Å². The van der Waals surface area contributed by atoms with E-state index in [0.29, 0.717) is 5.37 Å². The Labute approximate surface area is 141 Å². The van der Waals surface area contributed by atoms with Gasteiger partial charge in [-0.05, 0) is 5.56 Å². The molecule has 2 aliphatic rings. The van der Waals surface area contributed by atoms with Crippen molar-refractivity contribution in [3.05, 3.63) is 71.8 Å². The third-order valence-electron chi connectivity index (χ3n) is 4.33. The molecule has 0 amide bonds. The molecule has 2 aromatic carbocycles. The van der Waals surface area contributed by atoms with Crippen LogP contribution >= 0.6 is 11.8 Å². The Hall–Kier alpha value is -1.62. The minimum absolute atomic E-state index is 0.189. The van der Waals surface area contributed by atoms with Gasteiger partial charge >= 0.3 is 0 Å². The fourth-order valence-corrected chi connectivity index (χ4v) is 4.50. The van der Waals surface area contributed by atoms with Crippen LogP contribution in [0.15, 0.2) is 65.7 Å². The summed E-state index contributed by atoms with van der Waals surface area (Å²) < 4.78 is 5.52. The fourth-order valence-electron chi connectivity index (χ4n) is 3.12. The maximum absolute atomic E-state index is 5.52. The molecule has 2 aliphatic heterocycles. The highest BCUT2D eigenvalue weighted by atomic mass is 32.2. The molecular formula is C19H20N2OS. The zero-order valence-electron chi connectivity index (χ0n) is 13.0. The van der Waals surface area contributed by atoms with Crippen molar-refractivity contribution in [3.63, 3.8) is 0 Å². The monoisotopic (exact) mass is 324 g/mol. The van der Waals surface area contributed by atoms with Gasteiger partial charge in [0, 0.05) is 18.7 Å². The maximum Gasteiger partial charge on any atom is 0.101 e. The molecule has 0 aliphatic carbocycles. The van der Waals surface area contributed by atoms with Crippen molar-refractivity contribution >= 4 is 16.8 Å². The van der Waals surface area contributed by atoms with Crippen molar-refractivity contribution in [2.45, 2.75) is 11.4 Å². The zero-order valence-corrected chi connectivity index (χ0v) is 13.8. The average molecular weight is 324 g/mol. The SMILES string of the molecule is c1ccc(C2=N[C@H](c3ccccc3)[C@@H](N3CCOCC3)S2)cc1. The van der Waals surface area contributed by atoms with Gasteiger partial charge in [0.05, 0.1) is 18.6 Å². The lowest BCUT2D eigenvalue weighted by Gasteiger charge is -2.34. The van der Waals surface area contributed by atoms with E-state index < -0.39 is 0 Å². The lowest BCUT2D eigenvalue weighted by molar-refractivity contribution is 0.0296. The van der Waals surface area contributed by atoms with Crippen LogP contribution in [0.25, 0.3) is 0 Å². The molecule has 0 N–H and O–H groups in total. The van der Waals surface area contributed by atoms with Crippen molar-refractivity contribution in [1.29, 1.82) is 0 Å². The van der Waals surface area contributed by atoms with Crippen LogP contribution in [0, 0.1) is 0 Å². The Morgan fingerprint density at radius 1 is 0.913 bits per heavy atom. The first-order valence-corrected chi connectivity index (χ1v) is 8.96. The van der Waals surface area contributed by atoms with Crippen molar-refractivity contribution in [1.82, 2.24) is 4.90 Å². The van der Waals surface area contributed by atoms with Gasteiger partial charge in [-0.15, -0.1) is 0 Å². The van der Waals surface area contributed by atoms with Gasteiger partial charge in [-0.3, -0.25) is 9.89 Å². The lowest BCUT2D eigenvalue weighted by atomic mass is 10.1.